The van der Waals surface area contributed by atoms with Crippen molar-refractivity contribution in [1.82, 2.24) is 0 Å². The molecule has 0 saturated heterocycles. The topological polar surface area (TPSA) is 35.2 Å². The fourth-order valence-electron chi connectivity index (χ4n) is 2.63. The minimum Gasteiger partial charge on any atom is -0.495 e. The standard InChI is InChI=1S/C13H17ClFNO/c1-17-12-9(14)5-6-10(15)11(12)13(16)7-3-2-4-8-13/h5-6H,2-4,7-8,16H2,1H3. The second kappa shape index (κ2) is 4.83. The smallest absolute Gasteiger partial charge is 0.145 e. The van der Waals surface area contributed by atoms with E-state index in [1.165, 1.54) is 19.2 Å². The van der Waals surface area contributed by atoms with Crippen LogP contribution >= 0.6 is 11.6 Å². The molecule has 2 N–H and O–H groups in total. The van der Waals surface area contributed by atoms with Crippen LogP contribution in [0.3, 0.4) is 0 Å². The van der Waals surface area contributed by atoms with E-state index in [1.54, 1.807) is 0 Å². The fourth-order valence-corrected chi connectivity index (χ4v) is 2.86. The van der Waals surface area contributed by atoms with Gasteiger partial charge in [-0.05, 0) is 25.0 Å². The molecule has 0 aromatic heterocycles. The molecular formula is C13H17ClFNO. The van der Waals surface area contributed by atoms with Crippen LogP contribution in [0, 0.1) is 5.82 Å². The van der Waals surface area contributed by atoms with E-state index >= 15 is 0 Å². The van der Waals surface area contributed by atoms with Crippen LogP contribution in [0.4, 0.5) is 4.39 Å². The lowest BCUT2D eigenvalue weighted by atomic mass is 9.77. The number of rotatable bonds is 2. The first-order valence-electron chi connectivity index (χ1n) is 5.90. The maximum Gasteiger partial charge on any atom is 0.145 e. The van der Waals surface area contributed by atoms with Gasteiger partial charge in [0.2, 0.25) is 0 Å². The summed E-state index contributed by atoms with van der Waals surface area (Å²) in [4.78, 5) is 0. The van der Waals surface area contributed by atoms with Crippen molar-refractivity contribution in [2.75, 3.05) is 7.11 Å². The molecule has 0 amide bonds. The van der Waals surface area contributed by atoms with Crippen molar-refractivity contribution < 1.29 is 9.13 Å². The number of hydrogen-bond donors (Lipinski definition) is 1. The molecule has 0 atom stereocenters. The van der Waals surface area contributed by atoms with Gasteiger partial charge in [-0.25, -0.2) is 4.39 Å². The lowest BCUT2D eigenvalue weighted by molar-refractivity contribution is 0.279. The number of nitrogens with two attached hydrogens (primary N) is 1. The van der Waals surface area contributed by atoms with Crippen molar-refractivity contribution >= 4 is 11.6 Å². The minimum absolute atomic E-state index is 0.323. The van der Waals surface area contributed by atoms with Gasteiger partial charge >= 0.3 is 0 Å². The van der Waals surface area contributed by atoms with Gasteiger partial charge in [0.15, 0.2) is 0 Å². The third kappa shape index (κ3) is 2.26. The fraction of sp³-hybridized carbons (Fsp3) is 0.538. The molecule has 1 aromatic carbocycles. The number of methoxy groups -OCH3 is 1. The monoisotopic (exact) mass is 257 g/mol. The maximum atomic E-state index is 14.0. The number of halogens is 2. The number of hydrogen-bond acceptors (Lipinski definition) is 2. The van der Waals surface area contributed by atoms with Gasteiger partial charge in [0.25, 0.3) is 0 Å². The van der Waals surface area contributed by atoms with Crippen LogP contribution in [0.2, 0.25) is 5.02 Å². The summed E-state index contributed by atoms with van der Waals surface area (Å²) in [7, 11) is 1.50. The Morgan fingerprint density at radius 1 is 1.29 bits per heavy atom. The Balaban J connectivity index is 2.52. The van der Waals surface area contributed by atoms with Crippen molar-refractivity contribution in [3.8, 4) is 5.75 Å². The molecule has 1 aliphatic carbocycles. The number of ether oxygens (including phenoxy) is 1. The Morgan fingerprint density at radius 2 is 1.94 bits per heavy atom. The van der Waals surface area contributed by atoms with E-state index in [1.807, 2.05) is 0 Å². The third-order valence-corrected chi connectivity index (χ3v) is 3.80. The second-order valence-corrected chi connectivity index (χ2v) is 5.06. The van der Waals surface area contributed by atoms with Crippen LogP contribution in [0.1, 0.15) is 37.7 Å². The summed E-state index contributed by atoms with van der Waals surface area (Å²) < 4.78 is 19.3. The summed E-state index contributed by atoms with van der Waals surface area (Å²) in [6.07, 6.45) is 4.75. The van der Waals surface area contributed by atoms with E-state index in [0.29, 0.717) is 16.3 Å². The first-order chi connectivity index (χ1) is 8.08. The zero-order valence-corrected chi connectivity index (χ0v) is 10.7. The summed E-state index contributed by atoms with van der Waals surface area (Å²) in [5, 5.41) is 0.416. The second-order valence-electron chi connectivity index (χ2n) is 4.65. The Labute approximate surface area is 106 Å². The molecule has 0 aliphatic heterocycles. The van der Waals surface area contributed by atoms with Crippen molar-refractivity contribution in [2.45, 2.75) is 37.6 Å². The molecule has 2 nitrogen and oxygen atoms in total. The average molecular weight is 258 g/mol. The zero-order valence-electron chi connectivity index (χ0n) is 9.93. The van der Waals surface area contributed by atoms with E-state index < -0.39 is 5.54 Å². The zero-order chi connectivity index (χ0) is 12.5. The summed E-state index contributed by atoms with van der Waals surface area (Å²) in [5.41, 5.74) is 6.14. The van der Waals surface area contributed by atoms with Crippen LogP contribution < -0.4 is 10.5 Å². The first kappa shape index (κ1) is 12.7. The summed E-state index contributed by atoms with van der Waals surface area (Å²) in [5.74, 6) is 0.0618. The van der Waals surface area contributed by atoms with Crippen molar-refractivity contribution in [2.24, 2.45) is 5.73 Å². The van der Waals surface area contributed by atoms with E-state index in [-0.39, 0.29) is 5.82 Å². The molecule has 0 unspecified atom stereocenters. The van der Waals surface area contributed by atoms with Crippen LogP contribution in [0.5, 0.6) is 5.75 Å². The average Bonchev–Trinajstić information content (AvgIpc) is 2.32. The minimum atomic E-state index is -0.640. The van der Waals surface area contributed by atoms with Crippen LogP contribution in [-0.2, 0) is 5.54 Å². The Bertz CT molecular complexity index is 416. The number of benzene rings is 1. The van der Waals surface area contributed by atoms with Crippen LogP contribution in [-0.4, -0.2) is 7.11 Å². The predicted octanol–water partition coefficient (Wildman–Crippen LogP) is 3.61. The highest BCUT2D eigenvalue weighted by Crippen LogP contribution is 2.43. The highest BCUT2D eigenvalue weighted by molar-refractivity contribution is 6.32. The Kier molecular flexibility index (Phi) is 3.59. The van der Waals surface area contributed by atoms with E-state index in [2.05, 4.69) is 0 Å². The van der Waals surface area contributed by atoms with Gasteiger partial charge in [0.1, 0.15) is 11.6 Å². The molecule has 94 valence electrons. The van der Waals surface area contributed by atoms with E-state index in [0.717, 1.165) is 32.1 Å². The van der Waals surface area contributed by atoms with Crippen molar-refractivity contribution in [3.63, 3.8) is 0 Å². The Hall–Kier alpha value is -0.800. The summed E-state index contributed by atoms with van der Waals surface area (Å²) in [6, 6.07) is 2.87. The predicted molar refractivity (Wildman–Crippen MR) is 66.9 cm³/mol. The molecule has 0 radical (unpaired) electrons. The molecule has 1 fully saturated rings. The summed E-state index contributed by atoms with van der Waals surface area (Å²) in [6.45, 7) is 0. The van der Waals surface area contributed by atoms with E-state index in [4.69, 9.17) is 22.1 Å². The quantitative estimate of drug-likeness (QED) is 0.879. The first-order valence-corrected chi connectivity index (χ1v) is 6.27. The molecular weight excluding hydrogens is 241 g/mol. The lowest BCUT2D eigenvalue weighted by Gasteiger charge is -2.35. The highest BCUT2D eigenvalue weighted by Gasteiger charge is 2.35. The molecule has 1 saturated carbocycles. The SMILES string of the molecule is COc1c(Cl)ccc(F)c1C1(N)CCCCC1. The van der Waals surface area contributed by atoms with Gasteiger partial charge in [0.05, 0.1) is 17.7 Å². The highest BCUT2D eigenvalue weighted by atomic mass is 35.5. The van der Waals surface area contributed by atoms with Gasteiger partial charge < -0.3 is 10.5 Å². The van der Waals surface area contributed by atoms with E-state index in [9.17, 15) is 4.39 Å². The summed E-state index contributed by atoms with van der Waals surface area (Å²) >= 11 is 6.04. The molecule has 1 aliphatic rings. The maximum absolute atomic E-state index is 14.0. The molecule has 0 bridgehead atoms. The van der Waals surface area contributed by atoms with Crippen LogP contribution in [0.25, 0.3) is 0 Å². The van der Waals surface area contributed by atoms with Gasteiger partial charge in [-0.15, -0.1) is 0 Å². The van der Waals surface area contributed by atoms with Crippen LogP contribution in [0.15, 0.2) is 12.1 Å². The largest absolute Gasteiger partial charge is 0.495 e. The molecule has 0 heterocycles. The van der Waals surface area contributed by atoms with Gasteiger partial charge in [0, 0.05) is 5.54 Å². The van der Waals surface area contributed by atoms with Gasteiger partial charge in [-0.3, -0.25) is 0 Å². The van der Waals surface area contributed by atoms with Gasteiger partial charge in [-0.1, -0.05) is 30.9 Å². The Morgan fingerprint density at radius 3 is 2.53 bits per heavy atom. The van der Waals surface area contributed by atoms with Crippen molar-refractivity contribution in [3.05, 3.63) is 28.5 Å². The molecule has 0 spiro atoms. The molecule has 4 heteroatoms. The normalized spacial score (nSPS) is 19.1. The lowest BCUT2D eigenvalue weighted by Crippen LogP contribution is -2.39. The molecule has 17 heavy (non-hydrogen) atoms. The third-order valence-electron chi connectivity index (χ3n) is 3.51. The molecule has 2 rings (SSSR count). The molecule has 1 aromatic rings. The van der Waals surface area contributed by atoms with Crippen molar-refractivity contribution in [1.29, 1.82) is 0 Å². The van der Waals surface area contributed by atoms with Gasteiger partial charge in [-0.2, -0.15) is 0 Å².